The van der Waals surface area contributed by atoms with Gasteiger partial charge in [0.05, 0.1) is 7.11 Å². The van der Waals surface area contributed by atoms with E-state index in [9.17, 15) is 9.90 Å². The summed E-state index contributed by atoms with van der Waals surface area (Å²) in [5, 5.41) is 9.79. The second kappa shape index (κ2) is 4.37. The fourth-order valence-corrected chi connectivity index (χ4v) is 1.71. The number of nitrogens with zero attached hydrogens (tertiary/aromatic N) is 1. The summed E-state index contributed by atoms with van der Waals surface area (Å²) in [7, 11) is 1.33. The first-order valence-electron chi connectivity index (χ1n) is 5.01. The fraction of sp³-hybridized carbons (Fsp3) is 0.250. The Labute approximate surface area is 93.8 Å². The van der Waals surface area contributed by atoms with Crippen LogP contribution in [0.4, 0.5) is 5.69 Å². The first kappa shape index (κ1) is 10.7. The molecule has 1 atom stereocenters. The van der Waals surface area contributed by atoms with E-state index < -0.39 is 6.23 Å². The van der Waals surface area contributed by atoms with Crippen LogP contribution in [0.1, 0.15) is 5.56 Å². The van der Waals surface area contributed by atoms with Gasteiger partial charge < -0.3 is 14.7 Å². The van der Waals surface area contributed by atoms with Gasteiger partial charge in [0.1, 0.15) is 12.8 Å². The predicted octanol–water partition coefficient (Wildman–Crippen LogP) is 1.01. The van der Waals surface area contributed by atoms with Crippen LogP contribution < -0.4 is 4.90 Å². The van der Waals surface area contributed by atoms with Gasteiger partial charge in [0, 0.05) is 5.69 Å². The summed E-state index contributed by atoms with van der Waals surface area (Å²) < 4.78 is 4.60. The van der Waals surface area contributed by atoms with Crippen molar-refractivity contribution in [1.82, 2.24) is 0 Å². The number of fused-ring (bicyclic) bond motifs is 1. The zero-order valence-electron chi connectivity index (χ0n) is 8.96. The van der Waals surface area contributed by atoms with Crippen LogP contribution in [0.2, 0.25) is 0 Å². The van der Waals surface area contributed by atoms with Gasteiger partial charge in [-0.15, -0.1) is 0 Å². The summed E-state index contributed by atoms with van der Waals surface area (Å²) in [5.74, 6) is -0.371. The van der Waals surface area contributed by atoms with E-state index in [1.165, 1.54) is 7.11 Å². The van der Waals surface area contributed by atoms with E-state index >= 15 is 0 Å². The average molecular weight is 219 g/mol. The lowest BCUT2D eigenvalue weighted by Crippen LogP contribution is -2.40. The van der Waals surface area contributed by atoms with Crippen LogP contribution >= 0.6 is 0 Å². The summed E-state index contributed by atoms with van der Waals surface area (Å²) in [6.45, 7) is 0.0407. The van der Waals surface area contributed by atoms with Crippen LogP contribution in [0, 0.1) is 0 Å². The van der Waals surface area contributed by atoms with Crippen molar-refractivity contribution in [2.45, 2.75) is 6.23 Å². The quantitative estimate of drug-likeness (QED) is 0.754. The Bertz CT molecular complexity index is 428. The molecule has 1 unspecified atom stereocenters. The Morgan fingerprint density at radius 3 is 3.00 bits per heavy atom. The first-order valence-corrected chi connectivity index (χ1v) is 5.01. The minimum atomic E-state index is -0.783. The maximum absolute atomic E-state index is 11.2. The third-order valence-corrected chi connectivity index (χ3v) is 2.54. The second-order valence-electron chi connectivity index (χ2n) is 3.54. The van der Waals surface area contributed by atoms with Crippen LogP contribution in [-0.2, 0) is 9.53 Å². The van der Waals surface area contributed by atoms with E-state index in [0.29, 0.717) is 0 Å². The number of aliphatic hydroxyl groups is 1. The molecule has 4 nitrogen and oxygen atoms in total. The highest BCUT2D eigenvalue weighted by Crippen LogP contribution is 2.27. The number of aliphatic hydroxyl groups excluding tert-OH is 1. The Hall–Kier alpha value is -1.81. The van der Waals surface area contributed by atoms with E-state index in [4.69, 9.17) is 0 Å². The van der Waals surface area contributed by atoms with Gasteiger partial charge >= 0.3 is 5.97 Å². The molecule has 4 heteroatoms. The van der Waals surface area contributed by atoms with Gasteiger partial charge in [-0.05, 0) is 17.7 Å². The minimum Gasteiger partial charge on any atom is -0.468 e. The molecule has 2 rings (SSSR count). The molecular weight excluding hydrogens is 206 g/mol. The molecule has 84 valence electrons. The lowest BCUT2D eigenvalue weighted by Gasteiger charge is -2.31. The van der Waals surface area contributed by atoms with Crippen LogP contribution in [0.3, 0.4) is 0 Å². The van der Waals surface area contributed by atoms with Crippen molar-refractivity contribution in [3.63, 3.8) is 0 Å². The van der Waals surface area contributed by atoms with Crippen LogP contribution in [0.25, 0.3) is 6.08 Å². The second-order valence-corrected chi connectivity index (χ2v) is 3.54. The smallest absolute Gasteiger partial charge is 0.325 e. The third kappa shape index (κ3) is 1.92. The van der Waals surface area contributed by atoms with Gasteiger partial charge in [0.15, 0.2) is 0 Å². The number of hydrogen-bond donors (Lipinski definition) is 1. The Morgan fingerprint density at radius 1 is 1.50 bits per heavy atom. The number of methoxy groups -OCH3 is 1. The van der Waals surface area contributed by atoms with Gasteiger partial charge in [0.2, 0.25) is 0 Å². The monoisotopic (exact) mass is 219 g/mol. The normalized spacial score (nSPS) is 18.1. The summed E-state index contributed by atoms with van der Waals surface area (Å²) in [4.78, 5) is 12.8. The summed E-state index contributed by atoms with van der Waals surface area (Å²) in [6, 6.07) is 7.58. The van der Waals surface area contributed by atoms with Gasteiger partial charge in [-0.3, -0.25) is 4.79 Å². The van der Waals surface area contributed by atoms with E-state index in [0.717, 1.165) is 11.3 Å². The predicted molar refractivity (Wildman–Crippen MR) is 60.8 cm³/mol. The molecule has 1 heterocycles. The molecule has 0 aliphatic carbocycles. The molecule has 1 aliphatic rings. The van der Waals surface area contributed by atoms with E-state index in [1.807, 2.05) is 30.3 Å². The SMILES string of the molecule is COC(=O)CN1c2ccccc2C=CC1O. The number of hydrogen-bond acceptors (Lipinski definition) is 4. The zero-order valence-corrected chi connectivity index (χ0v) is 8.96. The standard InChI is InChI=1S/C12H13NO3/c1-16-12(15)8-13-10-5-3-2-4-9(10)6-7-11(13)14/h2-7,11,14H,8H2,1H3. The Morgan fingerprint density at radius 2 is 2.25 bits per heavy atom. The van der Waals surface area contributed by atoms with Crippen LogP contribution in [0.5, 0.6) is 0 Å². The van der Waals surface area contributed by atoms with E-state index in [2.05, 4.69) is 4.74 Å². The maximum Gasteiger partial charge on any atom is 0.325 e. The number of carbonyl (C=O) groups excluding carboxylic acids is 1. The van der Waals surface area contributed by atoms with Crippen molar-refractivity contribution >= 4 is 17.7 Å². The molecule has 0 spiro atoms. The Kier molecular flexibility index (Phi) is 2.92. The highest BCUT2D eigenvalue weighted by molar-refractivity contribution is 5.80. The molecular formula is C12H13NO3. The number of benzene rings is 1. The van der Waals surface area contributed by atoms with Crippen molar-refractivity contribution < 1.29 is 14.6 Å². The summed E-state index contributed by atoms with van der Waals surface area (Å²) >= 11 is 0. The van der Waals surface area contributed by atoms with Crippen molar-refractivity contribution in [2.24, 2.45) is 0 Å². The van der Waals surface area contributed by atoms with Gasteiger partial charge in [-0.2, -0.15) is 0 Å². The summed E-state index contributed by atoms with van der Waals surface area (Å²) in [6.07, 6.45) is 2.70. The van der Waals surface area contributed by atoms with Crippen molar-refractivity contribution in [3.8, 4) is 0 Å². The highest BCUT2D eigenvalue weighted by atomic mass is 16.5. The molecule has 16 heavy (non-hydrogen) atoms. The topological polar surface area (TPSA) is 49.8 Å². The fourth-order valence-electron chi connectivity index (χ4n) is 1.71. The Balaban J connectivity index is 2.30. The molecule has 0 saturated heterocycles. The highest BCUT2D eigenvalue weighted by Gasteiger charge is 2.22. The van der Waals surface area contributed by atoms with Crippen LogP contribution in [-0.4, -0.2) is 31.0 Å². The number of esters is 1. The van der Waals surface area contributed by atoms with Gasteiger partial charge in [-0.25, -0.2) is 0 Å². The van der Waals surface area contributed by atoms with E-state index in [-0.39, 0.29) is 12.5 Å². The van der Waals surface area contributed by atoms with Gasteiger partial charge in [-0.1, -0.05) is 24.3 Å². The lowest BCUT2D eigenvalue weighted by molar-refractivity contribution is -0.139. The molecule has 1 aromatic carbocycles. The van der Waals surface area contributed by atoms with E-state index in [1.54, 1.807) is 11.0 Å². The molecule has 0 fully saturated rings. The number of anilines is 1. The minimum absolute atomic E-state index is 0.0407. The molecule has 1 aliphatic heterocycles. The molecule has 1 N–H and O–H groups in total. The van der Waals surface area contributed by atoms with Crippen molar-refractivity contribution in [2.75, 3.05) is 18.6 Å². The molecule has 0 aromatic heterocycles. The molecule has 0 saturated carbocycles. The summed E-state index contributed by atoms with van der Waals surface area (Å²) in [5.41, 5.74) is 1.82. The van der Waals surface area contributed by atoms with Crippen molar-refractivity contribution in [1.29, 1.82) is 0 Å². The number of carbonyl (C=O) groups is 1. The zero-order chi connectivity index (χ0) is 11.5. The third-order valence-electron chi connectivity index (χ3n) is 2.54. The lowest BCUT2D eigenvalue weighted by atomic mass is 10.1. The van der Waals surface area contributed by atoms with Crippen LogP contribution in [0.15, 0.2) is 30.3 Å². The molecule has 0 amide bonds. The first-order chi connectivity index (χ1) is 7.72. The molecule has 0 bridgehead atoms. The number of para-hydroxylation sites is 1. The molecule has 0 radical (unpaired) electrons. The number of ether oxygens (including phenoxy) is 1. The number of rotatable bonds is 2. The maximum atomic E-state index is 11.2. The average Bonchev–Trinajstić information content (AvgIpc) is 2.32. The molecule has 1 aromatic rings. The van der Waals surface area contributed by atoms with Crippen molar-refractivity contribution in [3.05, 3.63) is 35.9 Å². The van der Waals surface area contributed by atoms with Gasteiger partial charge in [0.25, 0.3) is 0 Å². The largest absolute Gasteiger partial charge is 0.468 e.